The number of unbranched alkanes of at least 4 members (excludes halogenated alkanes) is 2. The average Bonchev–Trinajstić information content (AvgIpc) is 2.74. The summed E-state index contributed by atoms with van der Waals surface area (Å²) >= 11 is 21.9. The van der Waals surface area contributed by atoms with Gasteiger partial charge < -0.3 is 14.9 Å². The van der Waals surface area contributed by atoms with E-state index in [2.05, 4.69) is 4.98 Å². The Morgan fingerprint density at radius 1 is 1.48 bits per heavy atom. The molecule has 1 heterocycles. The molecule has 10 heteroatoms. The zero-order valence-electron chi connectivity index (χ0n) is 11.2. The molecule has 0 atom stereocenters. The summed E-state index contributed by atoms with van der Waals surface area (Å²) in [5.74, 6) is 0.191. The molecule has 0 bridgehead atoms. The molecule has 21 heavy (non-hydrogen) atoms. The van der Waals surface area contributed by atoms with Gasteiger partial charge in [-0.2, -0.15) is 0 Å². The van der Waals surface area contributed by atoms with Gasteiger partial charge in [0.05, 0.1) is 6.61 Å². The van der Waals surface area contributed by atoms with Gasteiger partial charge in [-0.1, -0.05) is 34.8 Å². The van der Waals surface area contributed by atoms with Gasteiger partial charge in [-0.05, 0) is 30.6 Å². The third kappa shape index (κ3) is 6.34. The lowest BCUT2D eigenvalue weighted by molar-refractivity contribution is -0.390. The van der Waals surface area contributed by atoms with Crippen LogP contribution in [0.25, 0.3) is 0 Å². The van der Waals surface area contributed by atoms with E-state index in [1.165, 1.54) is 4.57 Å². The molecular formula is C11H14Cl3N3O3S. The highest BCUT2D eigenvalue weighted by molar-refractivity contribution is 7.80. The molecule has 0 saturated heterocycles. The fourth-order valence-corrected chi connectivity index (χ4v) is 2.33. The van der Waals surface area contributed by atoms with Crippen LogP contribution in [0.3, 0.4) is 0 Å². The number of thiocarbonyl (C=S) groups is 1. The molecule has 0 saturated carbocycles. The van der Waals surface area contributed by atoms with Crippen LogP contribution in [-0.2, 0) is 4.74 Å². The van der Waals surface area contributed by atoms with E-state index < -0.39 is 8.72 Å². The number of aromatic nitrogens is 2. The number of aryl methyl sites for hydroxylation is 1. The van der Waals surface area contributed by atoms with Crippen molar-refractivity contribution in [3.8, 4) is 0 Å². The van der Waals surface area contributed by atoms with Crippen molar-refractivity contribution in [2.24, 2.45) is 0 Å². The van der Waals surface area contributed by atoms with Crippen LogP contribution < -0.4 is 0 Å². The number of nitro groups is 1. The van der Waals surface area contributed by atoms with Crippen LogP contribution in [-0.4, -0.2) is 30.0 Å². The topological polar surface area (TPSA) is 70.2 Å². The average molecular weight is 375 g/mol. The summed E-state index contributed by atoms with van der Waals surface area (Å²) in [5, 5.41) is 10.9. The molecule has 0 aromatic carbocycles. The fourth-order valence-electron chi connectivity index (χ4n) is 1.62. The quantitative estimate of drug-likeness (QED) is 0.245. The molecule has 0 radical (unpaired) electrons. The van der Waals surface area contributed by atoms with Gasteiger partial charge >= 0.3 is 11.0 Å². The summed E-state index contributed by atoms with van der Waals surface area (Å²) in [7, 11) is 0. The van der Waals surface area contributed by atoms with Crippen LogP contribution in [0.4, 0.5) is 5.82 Å². The van der Waals surface area contributed by atoms with E-state index in [-0.39, 0.29) is 11.0 Å². The van der Waals surface area contributed by atoms with Crippen molar-refractivity contribution in [2.45, 2.75) is 36.4 Å². The van der Waals surface area contributed by atoms with E-state index in [1.807, 2.05) is 0 Å². The van der Waals surface area contributed by atoms with Crippen LogP contribution in [0, 0.1) is 17.0 Å². The highest BCUT2D eigenvalue weighted by atomic mass is 35.6. The van der Waals surface area contributed by atoms with E-state index >= 15 is 0 Å². The fraction of sp³-hybridized carbons (Fsp3) is 0.636. The van der Waals surface area contributed by atoms with E-state index in [4.69, 9.17) is 51.8 Å². The summed E-state index contributed by atoms with van der Waals surface area (Å²) in [6.45, 7) is 1.96. The molecule has 0 fully saturated rings. The lowest BCUT2D eigenvalue weighted by atomic mass is 10.2. The molecule has 0 aliphatic heterocycles. The Kier molecular flexibility index (Phi) is 7.12. The standard InChI is InChI=1S/C11H14Cl3N3O3S/c1-8-15-7-9(17(18)19)16(8)10(21)20-6-4-2-3-5-11(12,13)14/h7H,2-6H2,1H3. The van der Waals surface area contributed by atoms with Gasteiger partial charge in [-0.25, -0.2) is 4.98 Å². The summed E-state index contributed by atoms with van der Waals surface area (Å²) < 4.78 is 5.30. The summed E-state index contributed by atoms with van der Waals surface area (Å²) in [6, 6.07) is 0. The largest absolute Gasteiger partial charge is 0.453 e. The van der Waals surface area contributed by atoms with E-state index in [0.717, 1.165) is 19.0 Å². The number of halogens is 3. The van der Waals surface area contributed by atoms with E-state index in [9.17, 15) is 10.1 Å². The number of imidazole rings is 1. The molecule has 0 unspecified atom stereocenters. The number of rotatable bonds is 6. The van der Waals surface area contributed by atoms with Crippen LogP contribution in [0.2, 0.25) is 0 Å². The first-order valence-electron chi connectivity index (χ1n) is 6.15. The molecule has 6 nitrogen and oxygen atoms in total. The van der Waals surface area contributed by atoms with Crippen LogP contribution in [0.15, 0.2) is 6.20 Å². The number of ether oxygens (including phenoxy) is 1. The van der Waals surface area contributed by atoms with E-state index in [1.54, 1.807) is 6.92 Å². The molecule has 0 aliphatic carbocycles. The van der Waals surface area contributed by atoms with Crippen LogP contribution in [0.5, 0.6) is 0 Å². The molecule has 1 rings (SSSR count). The van der Waals surface area contributed by atoms with Crippen molar-refractivity contribution >= 4 is 58.0 Å². The maximum absolute atomic E-state index is 10.8. The highest BCUT2D eigenvalue weighted by Gasteiger charge is 2.23. The normalized spacial score (nSPS) is 11.4. The Morgan fingerprint density at radius 3 is 2.71 bits per heavy atom. The summed E-state index contributed by atoms with van der Waals surface area (Å²) in [4.78, 5) is 14.1. The zero-order valence-corrected chi connectivity index (χ0v) is 14.3. The molecule has 0 aliphatic rings. The molecule has 0 N–H and O–H groups in total. The zero-order chi connectivity index (χ0) is 16.0. The second-order valence-corrected chi connectivity index (χ2v) is 7.16. The van der Waals surface area contributed by atoms with Gasteiger partial charge in [0.15, 0.2) is 3.79 Å². The van der Waals surface area contributed by atoms with Gasteiger partial charge in [-0.3, -0.25) is 0 Å². The van der Waals surface area contributed by atoms with Crippen molar-refractivity contribution in [2.75, 3.05) is 6.61 Å². The van der Waals surface area contributed by atoms with E-state index in [0.29, 0.717) is 25.3 Å². The Morgan fingerprint density at radius 2 is 2.14 bits per heavy atom. The van der Waals surface area contributed by atoms with Gasteiger partial charge in [0.25, 0.3) is 0 Å². The lowest BCUT2D eigenvalue weighted by Gasteiger charge is -2.10. The SMILES string of the molecule is Cc1ncc([N+](=O)[O-])n1C(=S)OCCCCCC(Cl)(Cl)Cl. The van der Waals surface area contributed by atoms with Crippen molar-refractivity contribution in [3.05, 3.63) is 22.1 Å². The number of alkyl halides is 3. The Labute approximate surface area is 142 Å². The number of hydrogen-bond acceptors (Lipinski definition) is 5. The predicted molar refractivity (Wildman–Crippen MR) is 86.3 cm³/mol. The molecule has 1 aromatic rings. The minimum atomic E-state index is -1.23. The number of nitrogens with zero attached hydrogens (tertiary/aromatic N) is 3. The van der Waals surface area contributed by atoms with Crippen molar-refractivity contribution in [3.63, 3.8) is 0 Å². The molecular weight excluding hydrogens is 361 g/mol. The first-order chi connectivity index (χ1) is 9.72. The lowest BCUT2D eigenvalue weighted by Crippen LogP contribution is -2.17. The van der Waals surface area contributed by atoms with Crippen LogP contribution >= 0.6 is 47.0 Å². The number of hydrogen-bond donors (Lipinski definition) is 0. The van der Waals surface area contributed by atoms with Gasteiger partial charge in [0.1, 0.15) is 6.20 Å². The second-order valence-electron chi connectivity index (χ2n) is 4.30. The summed E-state index contributed by atoms with van der Waals surface area (Å²) in [5.41, 5.74) is 0. The Bertz CT molecular complexity index is 517. The van der Waals surface area contributed by atoms with Gasteiger partial charge in [0, 0.05) is 19.1 Å². The predicted octanol–water partition coefficient (Wildman–Crippen LogP) is 4.18. The third-order valence-electron chi connectivity index (χ3n) is 2.62. The maximum atomic E-state index is 10.8. The molecule has 0 spiro atoms. The van der Waals surface area contributed by atoms with Crippen molar-refractivity contribution in [1.29, 1.82) is 0 Å². The Hall–Kier alpha value is -0.630. The first kappa shape index (κ1) is 18.4. The van der Waals surface area contributed by atoms with Gasteiger partial charge in [0.2, 0.25) is 5.82 Å². The maximum Gasteiger partial charge on any atom is 0.362 e. The molecule has 118 valence electrons. The first-order valence-corrected chi connectivity index (χ1v) is 7.69. The second kappa shape index (κ2) is 8.12. The van der Waals surface area contributed by atoms with Crippen molar-refractivity contribution < 1.29 is 9.66 Å². The minimum absolute atomic E-state index is 0.0121. The van der Waals surface area contributed by atoms with Crippen LogP contribution in [0.1, 0.15) is 31.5 Å². The van der Waals surface area contributed by atoms with Gasteiger partial charge in [-0.15, -0.1) is 4.57 Å². The Balaban J connectivity index is 2.38. The summed E-state index contributed by atoms with van der Waals surface area (Å²) in [6.07, 6.45) is 3.88. The monoisotopic (exact) mass is 373 g/mol. The highest BCUT2D eigenvalue weighted by Crippen LogP contribution is 2.31. The molecule has 0 amide bonds. The minimum Gasteiger partial charge on any atom is -0.453 e. The smallest absolute Gasteiger partial charge is 0.362 e. The third-order valence-corrected chi connectivity index (χ3v) is 3.49. The molecule has 1 aromatic heterocycles. The van der Waals surface area contributed by atoms with Crippen molar-refractivity contribution in [1.82, 2.24) is 9.55 Å².